The van der Waals surface area contributed by atoms with Crippen LogP contribution in [0.25, 0.3) is 0 Å². The molecule has 2 saturated carbocycles. The molecule has 0 aromatic carbocycles. The topological polar surface area (TPSA) is 29.3 Å². The van der Waals surface area contributed by atoms with Gasteiger partial charge in [-0.05, 0) is 62.8 Å². The third kappa shape index (κ3) is 2.66. The van der Waals surface area contributed by atoms with Gasteiger partial charge >= 0.3 is 0 Å². The van der Waals surface area contributed by atoms with E-state index in [1.54, 1.807) is 0 Å². The van der Waals surface area contributed by atoms with Crippen molar-refractivity contribution in [2.24, 2.45) is 17.1 Å². The molecule has 1 heterocycles. The van der Waals surface area contributed by atoms with Crippen molar-refractivity contribution in [2.75, 3.05) is 13.1 Å². The zero-order valence-corrected chi connectivity index (χ0v) is 13.7. The Morgan fingerprint density at radius 2 is 1.75 bits per heavy atom. The highest BCUT2D eigenvalue weighted by atomic mass is 15.2. The molecule has 1 aliphatic heterocycles. The summed E-state index contributed by atoms with van der Waals surface area (Å²) in [4.78, 5) is 2.92. The number of nitrogens with zero attached hydrogens (tertiary/aromatic N) is 1. The first-order valence-electron chi connectivity index (χ1n) is 9.03. The van der Waals surface area contributed by atoms with E-state index < -0.39 is 0 Å². The maximum absolute atomic E-state index is 6.37. The van der Waals surface area contributed by atoms with Crippen molar-refractivity contribution in [1.29, 1.82) is 0 Å². The van der Waals surface area contributed by atoms with Gasteiger partial charge in [0, 0.05) is 18.1 Å². The number of likely N-dealkylation sites (tertiary alicyclic amines) is 1. The van der Waals surface area contributed by atoms with Gasteiger partial charge in [0.15, 0.2) is 0 Å². The Bertz CT molecular complexity index is 336. The van der Waals surface area contributed by atoms with E-state index in [1.165, 1.54) is 70.8 Å². The van der Waals surface area contributed by atoms with Crippen LogP contribution in [0.2, 0.25) is 0 Å². The van der Waals surface area contributed by atoms with Gasteiger partial charge in [-0.1, -0.05) is 33.1 Å². The van der Waals surface area contributed by atoms with Gasteiger partial charge in [0.2, 0.25) is 0 Å². The second kappa shape index (κ2) is 5.61. The minimum absolute atomic E-state index is 0.322. The first kappa shape index (κ1) is 14.8. The summed E-state index contributed by atoms with van der Waals surface area (Å²) in [6.45, 7) is 7.10. The highest BCUT2D eigenvalue weighted by molar-refractivity contribution is 5.04. The Morgan fingerprint density at radius 3 is 2.50 bits per heavy atom. The average molecular weight is 278 g/mol. The summed E-state index contributed by atoms with van der Waals surface area (Å²) in [5.41, 5.74) is 7.18. The van der Waals surface area contributed by atoms with Crippen LogP contribution in [0.1, 0.15) is 78.1 Å². The molecule has 2 N–H and O–H groups in total. The Labute approximate surface area is 125 Å². The van der Waals surface area contributed by atoms with Gasteiger partial charge in [0.05, 0.1) is 0 Å². The van der Waals surface area contributed by atoms with Crippen molar-refractivity contribution in [1.82, 2.24) is 4.90 Å². The lowest BCUT2D eigenvalue weighted by atomic mass is 9.65. The fraction of sp³-hybridized carbons (Fsp3) is 1.00. The lowest BCUT2D eigenvalue weighted by molar-refractivity contribution is -0.0648. The molecular formula is C18H34N2. The number of piperidine rings is 1. The molecule has 2 nitrogen and oxygen atoms in total. The fourth-order valence-electron chi connectivity index (χ4n) is 5.71. The van der Waals surface area contributed by atoms with Crippen molar-refractivity contribution in [3.05, 3.63) is 0 Å². The van der Waals surface area contributed by atoms with E-state index >= 15 is 0 Å². The summed E-state index contributed by atoms with van der Waals surface area (Å²) in [7, 11) is 0. The van der Waals surface area contributed by atoms with Crippen molar-refractivity contribution >= 4 is 0 Å². The molecule has 3 rings (SSSR count). The summed E-state index contributed by atoms with van der Waals surface area (Å²) >= 11 is 0. The van der Waals surface area contributed by atoms with Gasteiger partial charge in [-0.2, -0.15) is 0 Å². The molecule has 2 heteroatoms. The van der Waals surface area contributed by atoms with E-state index in [1.807, 2.05) is 0 Å². The van der Waals surface area contributed by atoms with Gasteiger partial charge in [-0.25, -0.2) is 0 Å². The normalized spacial score (nSPS) is 42.1. The van der Waals surface area contributed by atoms with Crippen LogP contribution in [0, 0.1) is 11.3 Å². The molecule has 3 fully saturated rings. The van der Waals surface area contributed by atoms with Crippen LogP contribution in [-0.2, 0) is 0 Å². The highest BCUT2D eigenvalue weighted by Gasteiger charge is 2.48. The molecular weight excluding hydrogens is 244 g/mol. The number of fused-ring (bicyclic) bond motifs is 1. The van der Waals surface area contributed by atoms with Crippen LogP contribution in [0.3, 0.4) is 0 Å². The van der Waals surface area contributed by atoms with Crippen LogP contribution in [-0.4, -0.2) is 29.6 Å². The van der Waals surface area contributed by atoms with Crippen molar-refractivity contribution in [3.8, 4) is 0 Å². The molecule has 20 heavy (non-hydrogen) atoms. The van der Waals surface area contributed by atoms with Crippen LogP contribution in [0.5, 0.6) is 0 Å². The Balaban J connectivity index is 1.83. The van der Waals surface area contributed by atoms with Crippen LogP contribution >= 0.6 is 0 Å². The summed E-state index contributed by atoms with van der Waals surface area (Å²) in [6, 6.07) is 0.856. The van der Waals surface area contributed by atoms with Crippen molar-refractivity contribution < 1.29 is 0 Å². The Hall–Kier alpha value is -0.0800. The number of rotatable bonds is 2. The third-order valence-corrected chi connectivity index (χ3v) is 6.54. The van der Waals surface area contributed by atoms with E-state index in [0.29, 0.717) is 11.0 Å². The molecule has 0 amide bonds. The molecule has 0 spiro atoms. The SMILES string of the molecule is CC1(C)CCCC(CN)(N2CCC[C@H]3CCCC[C@H]32)C1. The minimum atomic E-state index is 0.322. The quantitative estimate of drug-likeness (QED) is 0.829. The summed E-state index contributed by atoms with van der Waals surface area (Å²) < 4.78 is 0. The second-order valence-electron chi connectivity index (χ2n) is 8.57. The highest BCUT2D eigenvalue weighted by Crippen LogP contribution is 2.48. The molecule has 0 aromatic heterocycles. The van der Waals surface area contributed by atoms with Crippen molar-refractivity contribution in [2.45, 2.75) is 89.6 Å². The van der Waals surface area contributed by atoms with Crippen LogP contribution < -0.4 is 5.73 Å². The number of hydrogen-bond donors (Lipinski definition) is 1. The molecule has 1 unspecified atom stereocenters. The molecule has 0 bridgehead atoms. The first-order valence-corrected chi connectivity index (χ1v) is 9.03. The zero-order valence-electron chi connectivity index (χ0n) is 13.7. The molecule has 3 atom stereocenters. The van der Waals surface area contributed by atoms with Crippen molar-refractivity contribution in [3.63, 3.8) is 0 Å². The molecule has 116 valence electrons. The lowest BCUT2D eigenvalue weighted by Gasteiger charge is -2.57. The Morgan fingerprint density at radius 1 is 1.00 bits per heavy atom. The largest absolute Gasteiger partial charge is 0.329 e. The summed E-state index contributed by atoms with van der Waals surface area (Å²) in [6.07, 6.45) is 14.1. The molecule has 2 aliphatic carbocycles. The first-order chi connectivity index (χ1) is 9.56. The molecule has 0 radical (unpaired) electrons. The lowest BCUT2D eigenvalue weighted by Crippen LogP contribution is -2.64. The fourth-order valence-corrected chi connectivity index (χ4v) is 5.71. The third-order valence-electron chi connectivity index (χ3n) is 6.54. The standard InChI is InChI=1S/C18H34N2/c1-17(2)10-6-11-18(13-17,14-19)20-12-5-8-15-7-3-4-9-16(15)20/h15-16H,3-14,19H2,1-2H3/t15-,16-,18?/m1/s1. The van der Waals surface area contributed by atoms with Gasteiger partial charge < -0.3 is 5.73 Å². The van der Waals surface area contributed by atoms with Crippen LogP contribution in [0.4, 0.5) is 0 Å². The monoisotopic (exact) mass is 278 g/mol. The molecule has 3 aliphatic rings. The molecule has 0 aromatic rings. The predicted molar refractivity (Wildman–Crippen MR) is 85.7 cm³/mol. The van der Waals surface area contributed by atoms with E-state index in [9.17, 15) is 0 Å². The molecule has 1 saturated heterocycles. The smallest absolute Gasteiger partial charge is 0.0339 e. The van der Waals surface area contributed by atoms with Gasteiger partial charge in [0.25, 0.3) is 0 Å². The Kier molecular flexibility index (Phi) is 4.16. The zero-order chi connectivity index (χ0) is 14.2. The van der Waals surface area contributed by atoms with Gasteiger partial charge in [-0.15, -0.1) is 0 Å². The average Bonchev–Trinajstić information content (AvgIpc) is 2.45. The van der Waals surface area contributed by atoms with Crippen LogP contribution in [0.15, 0.2) is 0 Å². The number of nitrogens with two attached hydrogens (primary N) is 1. The second-order valence-corrected chi connectivity index (χ2v) is 8.57. The maximum atomic E-state index is 6.37. The van der Waals surface area contributed by atoms with E-state index in [-0.39, 0.29) is 0 Å². The maximum Gasteiger partial charge on any atom is 0.0339 e. The minimum Gasteiger partial charge on any atom is -0.329 e. The van der Waals surface area contributed by atoms with E-state index in [0.717, 1.165) is 18.5 Å². The number of hydrogen-bond acceptors (Lipinski definition) is 2. The summed E-state index contributed by atoms with van der Waals surface area (Å²) in [5, 5.41) is 0. The van der Waals surface area contributed by atoms with E-state index in [4.69, 9.17) is 5.73 Å². The van der Waals surface area contributed by atoms with Gasteiger partial charge in [0.1, 0.15) is 0 Å². The predicted octanol–water partition coefficient (Wildman–Crippen LogP) is 3.94. The van der Waals surface area contributed by atoms with Gasteiger partial charge in [-0.3, -0.25) is 4.90 Å². The summed E-state index contributed by atoms with van der Waals surface area (Å²) in [5.74, 6) is 0.978. The van der Waals surface area contributed by atoms with E-state index in [2.05, 4.69) is 18.7 Å².